The maximum atomic E-state index is 4.59. The first-order chi connectivity index (χ1) is 13.8. The van der Waals surface area contributed by atoms with E-state index in [1.54, 1.807) is 0 Å². The number of aryl methyl sites for hydroxylation is 2. The van der Waals surface area contributed by atoms with Gasteiger partial charge in [0, 0.05) is 30.4 Å². The van der Waals surface area contributed by atoms with Crippen LogP contribution in [0.5, 0.6) is 0 Å². The Balaban J connectivity index is 1.59. The van der Waals surface area contributed by atoms with Crippen molar-refractivity contribution in [1.82, 2.24) is 30.2 Å². The Kier molecular flexibility index (Phi) is 5.28. The van der Waals surface area contributed by atoms with Gasteiger partial charge in [0.1, 0.15) is 5.82 Å². The summed E-state index contributed by atoms with van der Waals surface area (Å²) in [7, 11) is 0. The molecule has 0 atom stereocenters. The molecule has 2 aromatic carbocycles. The minimum absolute atomic E-state index is 0.606. The second-order valence-corrected chi connectivity index (χ2v) is 6.98. The number of unbranched alkanes of at least 4 members (excludes halogenated alkanes) is 1. The van der Waals surface area contributed by atoms with Crippen molar-refractivity contribution in [2.24, 2.45) is 0 Å². The molecule has 0 aliphatic heterocycles. The van der Waals surface area contributed by atoms with Crippen LogP contribution in [0, 0.1) is 6.92 Å². The van der Waals surface area contributed by atoms with E-state index >= 15 is 0 Å². The quantitative estimate of drug-likeness (QED) is 0.521. The summed E-state index contributed by atoms with van der Waals surface area (Å²) in [6.07, 6.45) is 5.35. The molecule has 0 aliphatic carbocycles. The van der Waals surface area contributed by atoms with Gasteiger partial charge >= 0.3 is 0 Å². The molecule has 0 aliphatic rings. The first-order valence-corrected chi connectivity index (χ1v) is 9.69. The van der Waals surface area contributed by atoms with Gasteiger partial charge in [0.25, 0.3) is 0 Å². The molecule has 0 amide bonds. The Morgan fingerprint density at radius 1 is 1.00 bits per heavy atom. The summed E-state index contributed by atoms with van der Waals surface area (Å²) in [5, 5.41) is 14.5. The third kappa shape index (κ3) is 3.71. The van der Waals surface area contributed by atoms with Crippen LogP contribution in [0.3, 0.4) is 0 Å². The van der Waals surface area contributed by atoms with Crippen LogP contribution in [0.2, 0.25) is 0 Å². The fourth-order valence-corrected chi connectivity index (χ4v) is 3.44. The summed E-state index contributed by atoms with van der Waals surface area (Å²) in [4.78, 5) is 4.59. The van der Waals surface area contributed by atoms with Crippen molar-refractivity contribution < 1.29 is 0 Å². The molecule has 0 bridgehead atoms. The fourth-order valence-electron chi connectivity index (χ4n) is 3.44. The zero-order valence-corrected chi connectivity index (χ0v) is 16.3. The molecule has 6 heteroatoms. The number of hydrogen-bond acceptors (Lipinski definition) is 4. The number of rotatable bonds is 7. The minimum Gasteiger partial charge on any atom is -0.328 e. The second-order valence-electron chi connectivity index (χ2n) is 6.98. The van der Waals surface area contributed by atoms with Crippen LogP contribution < -0.4 is 0 Å². The highest BCUT2D eigenvalue weighted by atomic mass is 15.5. The summed E-state index contributed by atoms with van der Waals surface area (Å²) in [6.45, 7) is 5.18. The van der Waals surface area contributed by atoms with E-state index in [0.29, 0.717) is 5.82 Å². The summed E-state index contributed by atoms with van der Waals surface area (Å²) in [5.74, 6) is 1.78. The van der Waals surface area contributed by atoms with Gasteiger partial charge in [-0.05, 0) is 35.2 Å². The molecule has 2 heterocycles. The van der Waals surface area contributed by atoms with Gasteiger partial charge in [-0.3, -0.25) is 0 Å². The number of hydrogen-bond donors (Lipinski definition) is 1. The van der Waals surface area contributed by atoms with Gasteiger partial charge in [-0.2, -0.15) is 5.21 Å². The lowest BCUT2D eigenvalue weighted by Crippen LogP contribution is -2.07. The molecule has 0 unspecified atom stereocenters. The van der Waals surface area contributed by atoms with Crippen LogP contribution in [0.25, 0.3) is 22.5 Å². The average molecular weight is 372 g/mol. The van der Waals surface area contributed by atoms with Gasteiger partial charge in [-0.15, -0.1) is 10.2 Å². The van der Waals surface area contributed by atoms with Gasteiger partial charge in [0.2, 0.25) is 5.82 Å². The van der Waals surface area contributed by atoms with Crippen molar-refractivity contribution in [3.8, 4) is 22.5 Å². The molecule has 0 saturated carbocycles. The van der Waals surface area contributed by atoms with Crippen molar-refractivity contribution in [3.63, 3.8) is 0 Å². The number of tetrazole rings is 1. The third-order valence-corrected chi connectivity index (χ3v) is 5.01. The van der Waals surface area contributed by atoms with Gasteiger partial charge in [0.15, 0.2) is 0 Å². The van der Waals surface area contributed by atoms with E-state index in [2.05, 4.69) is 74.4 Å². The predicted molar refractivity (Wildman–Crippen MR) is 110 cm³/mol. The van der Waals surface area contributed by atoms with E-state index in [9.17, 15) is 0 Å². The highest BCUT2D eigenvalue weighted by molar-refractivity contribution is 5.80. The number of H-pyrrole nitrogens is 1. The molecule has 1 N–H and O–H groups in total. The van der Waals surface area contributed by atoms with Gasteiger partial charge in [0.05, 0.1) is 0 Å². The zero-order chi connectivity index (χ0) is 19.3. The van der Waals surface area contributed by atoms with Gasteiger partial charge in [-0.25, -0.2) is 4.98 Å². The van der Waals surface area contributed by atoms with E-state index in [1.807, 2.05) is 24.4 Å². The van der Waals surface area contributed by atoms with Crippen molar-refractivity contribution in [1.29, 1.82) is 0 Å². The first kappa shape index (κ1) is 18.1. The zero-order valence-electron chi connectivity index (χ0n) is 16.3. The molecule has 6 nitrogen and oxygen atoms in total. The fraction of sp³-hybridized carbons (Fsp3) is 0.273. The number of nitrogens with one attached hydrogen (secondary N) is 1. The van der Waals surface area contributed by atoms with E-state index in [-0.39, 0.29) is 0 Å². The number of benzene rings is 2. The molecule has 0 radical (unpaired) electrons. The Bertz CT molecular complexity index is 1030. The number of imidazole rings is 1. The van der Waals surface area contributed by atoms with Crippen molar-refractivity contribution >= 4 is 0 Å². The van der Waals surface area contributed by atoms with E-state index in [0.717, 1.165) is 29.7 Å². The molecular weight excluding hydrogens is 348 g/mol. The maximum absolute atomic E-state index is 4.59. The van der Waals surface area contributed by atoms with Crippen LogP contribution in [0.1, 0.15) is 36.8 Å². The normalized spacial score (nSPS) is 11.1. The lowest BCUT2D eigenvalue weighted by Gasteiger charge is -2.12. The number of aromatic nitrogens is 6. The molecule has 28 heavy (non-hydrogen) atoms. The third-order valence-electron chi connectivity index (χ3n) is 5.01. The highest BCUT2D eigenvalue weighted by Crippen LogP contribution is 2.29. The van der Waals surface area contributed by atoms with Crippen LogP contribution in [0.15, 0.2) is 54.7 Å². The Morgan fingerprint density at radius 3 is 2.50 bits per heavy atom. The van der Waals surface area contributed by atoms with Crippen molar-refractivity contribution in [2.45, 2.75) is 39.7 Å². The summed E-state index contributed by atoms with van der Waals surface area (Å²) in [6, 6.07) is 16.8. The van der Waals surface area contributed by atoms with Crippen LogP contribution in [-0.4, -0.2) is 30.2 Å². The Labute approximate surface area is 164 Å². The molecule has 0 saturated heterocycles. The Morgan fingerprint density at radius 2 is 1.79 bits per heavy atom. The molecule has 142 valence electrons. The van der Waals surface area contributed by atoms with Crippen LogP contribution in [0.4, 0.5) is 0 Å². The molecule has 4 rings (SSSR count). The van der Waals surface area contributed by atoms with E-state index in [1.165, 1.54) is 29.9 Å². The van der Waals surface area contributed by atoms with Crippen LogP contribution in [-0.2, 0) is 13.0 Å². The number of nitrogens with zero attached hydrogens (tertiary/aromatic N) is 5. The topological polar surface area (TPSA) is 72.3 Å². The van der Waals surface area contributed by atoms with E-state index < -0.39 is 0 Å². The first-order valence-electron chi connectivity index (χ1n) is 9.69. The number of aromatic amines is 1. The summed E-state index contributed by atoms with van der Waals surface area (Å²) in [5.41, 5.74) is 5.67. The minimum atomic E-state index is 0.606. The Hall–Kier alpha value is -3.28. The van der Waals surface area contributed by atoms with Crippen molar-refractivity contribution in [3.05, 3.63) is 71.8 Å². The van der Waals surface area contributed by atoms with Gasteiger partial charge < -0.3 is 4.57 Å². The molecule has 0 spiro atoms. The molecule has 0 fully saturated rings. The molecule has 4 aromatic rings. The smallest absolute Gasteiger partial charge is 0.205 e. The van der Waals surface area contributed by atoms with Gasteiger partial charge in [-0.1, -0.05) is 61.9 Å². The monoisotopic (exact) mass is 372 g/mol. The lowest BCUT2D eigenvalue weighted by atomic mass is 9.98. The van der Waals surface area contributed by atoms with Crippen LogP contribution >= 0.6 is 0 Å². The predicted octanol–water partition coefficient (Wildman–Crippen LogP) is 4.43. The summed E-state index contributed by atoms with van der Waals surface area (Å²) < 4.78 is 2.32. The largest absolute Gasteiger partial charge is 0.328 e. The lowest BCUT2D eigenvalue weighted by molar-refractivity contribution is 0.667. The molecule has 2 aromatic heterocycles. The second kappa shape index (κ2) is 8.17. The molecular formula is C22H24N6. The standard InChI is InChI=1S/C22H24N6/c1-3-4-9-21-23-14-16(2)28(21)15-17-10-12-18(13-11-17)19-7-5-6-8-20(19)22-24-26-27-25-22/h5-8,10-14H,3-4,9,15H2,1-2H3,(H,24,25,26,27). The maximum Gasteiger partial charge on any atom is 0.205 e. The SMILES string of the molecule is CCCCc1ncc(C)n1Cc1ccc(-c2ccccc2-c2nn[nH]n2)cc1. The van der Waals surface area contributed by atoms with E-state index in [4.69, 9.17) is 0 Å². The average Bonchev–Trinajstić information content (AvgIpc) is 3.38. The van der Waals surface area contributed by atoms with Crippen molar-refractivity contribution in [2.75, 3.05) is 0 Å². The highest BCUT2D eigenvalue weighted by Gasteiger charge is 2.11. The summed E-state index contributed by atoms with van der Waals surface area (Å²) >= 11 is 0.